The van der Waals surface area contributed by atoms with Crippen LogP contribution >= 0.6 is 11.6 Å². The largest absolute Gasteiger partial charge is 0.480 e. The molecule has 0 aromatic heterocycles. The van der Waals surface area contributed by atoms with E-state index >= 15 is 0 Å². The molecule has 0 radical (unpaired) electrons. The fourth-order valence-electron chi connectivity index (χ4n) is 2.97. The van der Waals surface area contributed by atoms with Crippen LogP contribution in [-0.4, -0.2) is 23.0 Å². The Morgan fingerprint density at radius 1 is 1.19 bits per heavy atom. The maximum atomic E-state index is 12.7. The van der Waals surface area contributed by atoms with E-state index in [1.807, 2.05) is 12.1 Å². The third-order valence-electron chi connectivity index (χ3n) is 4.26. The van der Waals surface area contributed by atoms with E-state index in [0.29, 0.717) is 5.02 Å². The Balaban J connectivity index is 2.30. The molecular weight excluding hydrogens is 290 g/mol. The molecule has 1 fully saturated rings. The number of rotatable bonds is 4. The molecule has 1 unspecified atom stereocenters. The topological polar surface area (TPSA) is 66.4 Å². The molecule has 1 amide bonds. The number of carboxylic acids is 1. The van der Waals surface area contributed by atoms with Gasteiger partial charge in [-0.1, -0.05) is 43.0 Å². The molecule has 1 aliphatic carbocycles. The minimum atomic E-state index is -1.02. The quantitative estimate of drug-likeness (QED) is 0.898. The average molecular weight is 310 g/mol. The second-order valence-electron chi connectivity index (χ2n) is 5.68. The number of nitrogens with one attached hydrogen (secondary N) is 1. The molecule has 1 aliphatic rings. The highest BCUT2D eigenvalue weighted by molar-refractivity contribution is 6.30. The third-order valence-corrected chi connectivity index (χ3v) is 4.51. The zero-order valence-corrected chi connectivity index (χ0v) is 12.8. The molecule has 1 aromatic carbocycles. The molecule has 0 saturated heterocycles. The first-order valence-electron chi connectivity index (χ1n) is 7.25. The normalized spacial score (nSPS) is 18.8. The summed E-state index contributed by atoms with van der Waals surface area (Å²) < 4.78 is 0. The summed E-state index contributed by atoms with van der Waals surface area (Å²) in [5.74, 6) is -1.22. The van der Waals surface area contributed by atoms with E-state index in [4.69, 9.17) is 16.7 Å². The van der Waals surface area contributed by atoms with Gasteiger partial charge in [-0.3, -0.25) is 9.59 Å². The SMILES string of the molecule is CC(NC(=O)C1(c2ccc(Cl)cc2)CCCCC1)C(=O)O. The molecule has 5 heteroatoms. The van der Waals surface area contributed by atoms with Gasteiger partial charge in [-0.25, -0.2) is 0 Å². The van der Waals surface area contributed by atoms with E-state index in [2.05, 4.69) is 5.32 Å². The molecule has 1 atom stereocenters. The van der Waals surface area contributed by atoms with Crippen LogP contribution in [0.5, 0.6) is 0 Å². The molecular formula is C16H20ClNO3. The molecule has 4 nitrogen and oxygen atoms in total. The van der Waals surface area contributed by atoms with Crippen molar-refractivity contribution in [3.05, 3.63) is 34.9 Å². The predicted octanol–water partition coefficient (Wildman–Crippen LogP) is 3.13. The number of halogens is 1. The van der Waals surface area contributed by atoms with Crippen LogP contribution in [0.3, 0.4) is 0 Å². The van der Waals surface area contributed by atoms with Gasteiger partial charge in [0, 0.05) is 5.02 Å². The number of hydrogen-bond donors (Lipinski definition) is 2. The zero-order chi connectivity index (χ0) is 15.5. The van der Waals surface area contributed by atoms with Crippen molar-refractivity contribution in [2.24, 2.45) is 0 Å². The molecule has 114 valence electrons. The Hall–Kier alpha value is -1.55. The van der Waals surface area contributed by atoms with Crippen molar-refractivity contribution in [1.29, 1.82) is 0 Å². The highest BCUT2D eigenvalue weighted by Gasteiger charge is 2.41. The number of carboxylic acid groups (broad SMARTS) is 1. The Bertz CT molecular complexity index is 521. The van der Waals surface area contributed by atoms with Gasteiger partial charge in [-0.15, -0.1) is 0 Å². The number of carbonyl (C=O) groups excluding carboxylic acids is 1. The molecule has 0 bridgehead atoms. The van der Waals surface area contributed by atoms with E-state index in [1.54, 1.807) is 12.1 Å². The lowest BCUT2D eigenvalue weighted by molar-refractivity contribution is -0.142. The average Bonchev–Trinajstić information content (AvgIpc) is 2.48. The Kier molecular flexibility index (Phi) is 4.88. The van der Waals surface area contributed by atoms with Crippen LogP contribution in [0.25, 0.3) is 0 Å². The lowest BCUT2D eigenvalue weighted by atomic mass is 9.68. The van der Waals surface area contributed by atoms with Crippen molar-refractivity contribution in [2.45, 2.75) is 50.5 Å². The van der Waals surface area contributed by atoms with E-state index in [9.17, 15) is 9.59 Å². The third kappa shape index (κ3) is 3.38. The lowest BCUT2D eigenvalue weighted by Crippen LogP contribution is -2.50. The second-order valence-corrected chi connectivity index (χ2v) is 6.12. The summed E-state index contributed by atoms with van der Waals surface area (Å²) in [6.45, 7) is 1.48. The number of aliphatic carboxylic acids is 1. The van der Waals surface area contributed by atoms with Crippen LogP contribution in [-0.2, 0) is 15.0 Å². The van der Waals surface area contributed by atoms with Gasteiger partial charge in [-0.2, -0.15) is 0 Å². The van der Waals surface area contributed by atoms with E-state index in [1.165, 1.54) is 6.92 Å². The molecule has 0 heterocycles. The van der Waals surface area contributed by atoms with Crippen molar-refractivity contribution in [1.82, 2.24) is 5.32 Å². The number of carbonyl (C=O) groups is 2. The summed E-state index contributed by atoms with van der Waals surface area (Å²) in [5, 5.41) is 12.2. The zero-order valence-electron chi connectivity index (χ0n) is 12.1. The molecule has 2 rings (SSSR count). The summed E-state index contributed by atoms with van der Waals surface area (Å²) in [6.07, 6.45) is 4.53. The van der Waals surface area contributed by atoms with E-state index in [-0.39, 0.29) is 5.91 Å². The first-order chi connectivity index (χ1) is 9.95. The monoisotopic (exact) mass is 309 g/mol. The first kappa shape index (κ1) is 15.8. The van der Waals surface area contributed by atoms with Crippen molar-refractivity contribution in [3.63, 3.8) is 0 Å². The summed E-state index contributed by atoms with van der Waals surface area (Å²) in [4.78, 5) is 23.7. The molecule has 0 spiro atoms. The minimum Gasteiger partial charge on any atom is -0.480 e. The maximum absolute atomic E-state index is 12.7. The summed E-state index contributed by atoms with van der Waals surface area (Å²) >= 11 is 5.92. The predicted molar refractivity (Wildman–Crippen MR) is 81.5 cm³/mol. The van der Waals surface area contributed by atoms with Crippen LogP contribution in [0, 0.1) is 0 Å². The van der Waals surface area contributed by atoms with Gasteiger partial charge in [0.05, 0.1) is 5.41 Å². The number of amides is 1. The molecule has 21 heavy (non-hydrogen) atoms. The Labute approximate surface area is 129 Å². The smallest absolute Gasteiger partial charge is 0.325 e. The minimum absolute atomic E-state index is 0.195. The number of hydrogen-bond acceptors (Lipinski definition) is 2. The fourth-order valence-corrected chi connectivity index (χ4v) is 3.09. The summed E-state index contributed by atoms with van der Waals surface area (Å²) in [5.41, 5.74) is 0.286. The van der Waals surface area contributed by atoms with Gasteiger partial charge in [0.25, 0.3) is 0 Å². The highest BCUT2D eigenvalue weighted by Crippen LogP contribution is 2.40. The van der Waals surface area contributed by atoms with Gasteiger partial charge in [0.1, 0.15) is 6.04 Å². The van der Waals surface area contributed by atoms with E-state index in [0.717, 1.165) is 37.7 Å². The second kappa shape index (κ2) is 6.48. The van der Waals surface area contributed by atoms with Gasteiger partial charge >= 0.3 is 5.97 Å². The van der Waals surface area contributed by atoms with Crippen LogP contribution in [0.15, 0.2) is 24.3 Å². The molecule has 0 aliphatic heterocycles. The van der Waals surface area contributed by atoms with Crippen LogP contribution in [0.2, 0.25) is 5.02 Å². The van der Waals surface area contributed by atoms with Crippen LogP contribution in [0.4, 0.5) is 0 Å². The van der Waals surface area contributed by atoms with Crippen molar-refractivity contribution in [2.75, 3.05) is 0 Å². The number of benzene rings is 1. The summed E-state index contributed by atoms with van der Waals surface area (Å²) in [7, 11) is 0. The molecule has 1 aromatic rings. The van der Waals surface area contributed by atoms with Crippen LogP contribution < -0.4 is 5.32 Å². The Morgan fingerprint density at radius 3 is 2.29 bits per heavy atom. The fraction of sp³-hybridized carbons (Fsp3) is 0.500. The van der Waals surface area contributed by atoms with E-state index < -0.39 is 17.4 Å². The summed E-state index contributed by atoms with van der Waals surface area (Å²) in [6, 6.07) is 6.42. The van der Waals surface area contributed by atoms with Crippen molar-refractivity contribution < 1.29 is 14.7 Å². The maximum Gasteiger partial charge on any atom is 0.325 e. The Morgan fingerprint density at radius 2 is 1.76 bits per heavy atom. The highest BCUT2D eigenvalue weighted by atomic mass is 35.5. The van der Waals surface area contributed by atoms with Gasteiger partial charge in [-0.05, 0) is 37.5 Å². The van der Waals surface area contributed by atoms with Crippen molar-refractivity contribution >= 4 is 23.5 Å². The van der Waals surface area contributed by atoms with Crippen LogP contribution in [0.1, 0.15) is 44.6 Å². The van der Waals surface area contributed by atoms with Gasteiger partial charge < -0.3 is 10.4 Å². The van der Waals surface area contributed by atoms with Crippen molar-refractivity contribution in [3.8, 4) is 0 Å². The molecule has 1 saturated carbocycles. The molecule has 2 N–H and O–H groups in total. The van der Waals surface area contributed by atoms with Gasteiger partial charge in [0.2, 0.25) is 5.91 Å². The van der Waals surface area contributed by atoms with Gasteiger partial charge in [0.15, 0.2) is 0 Å². The standard InChI is InChI=1S/C16H20ClNO3/c1-11(14(19)20)18-15(21)16(9-3-2-4-10-16)12-5-7-13(17)8-6-12/h5-8,11H,2-4,9-10H2,1H3,(H,18,21)(H,19,20). The lowest BCUT2D eigenvalue weighted by Gasteiger charge is -2.37. The first-order valence-corrected chi connectivity index (χ1v) is 7.63.